The number of carbonyl (C=O) groups is 4. The number of carboxylic acids is 2. The maximum absolute atomic E-state index is 12.9. The number of carbonyl (C=O) groups excluding carboxylic acids is 2. The van der Waals surface area contributed by atoms with Crippen molar-refractivity contribution < 1.29 is 33.8 Å². The predicted octanol–water partition coefficient (Wildman–Crippen LogP) is 3.69. The van der Waals surface area contributed by atoms with Crippen molar-refractivity contribution in [2.75, 3.05) is 4.90 Å². The van der Waals surface area contributed by atoms with Crippen molar-refractivity contribution in [3.63, 3.8) is 0 Å². The van der Waals surface area contributed by atoms with Crippen LogP contribution in [-0.2, 0) is 0 Å². The number of hydrogen-bond donors (Lipinski definition) is 2. The number of amides is 2. The molecule has 156 valence electrons. The number of benzene rings is 3. The molecular formula is C23H12N2O7. The molecule has 0 fully saturated rings. The number of oxazole rings is 1. The maximum Gasteiger partial charge on any atom is 0.339 e. The van der Waals surface area contributed by atoms with Gasteiger partial charge in [0.15, 0.2) is 5.58 Å². The molecule has 1 aromatic heterocycles. The Morgan fingerprint density at radius 1 is 0.844 bits per heavy atom. The Morgan fingerprint density at radius 3 is 2.34 bits per heavy atom. The van der Waals surface area contributed by atoms with E-state index in [2.05, 4.69) is 4.98 Å². The van der Waals surface area contributed by atoms with Crippen molar-refractivity contribution in [1.29, 1.82) is 0 Å². The van der Waals surface area contributed by atoms with Crippen LogP contribution in [0.4, 0.5) is 5.69 Å². The molecule has 0 spiro atoms. The largest absolute Gasteiger partial charge is 0.478 e. The van der Waals surface area contributed by atoms with E-state index in [0.29, 0.717) is 11.1 Å². The SMILES string of the molecule is O=C(O)c1ccc2c(c1)C(=O)N(c1cccc(-c3nc4cccc(C(=O)O)c4o3)c1)C2=O. The molecule has 3 aromatic carbocycles. The highest BCUT2D eigenvalue weighted by Crippen LogP contribution is 2.33. The van der Waals surface area contributed by atoms with Gasteiger partial charge in [-0.3, -0.25) is 9.59 Å². The first kappa shape index (κ1) is 19.2. The maximum atomic E-state index is 12.9. The van der Waals surface area contributed by atoms with Gasteiger partial charge in [-0.15, -0.1) is 0 Å². The minimum absolute atomic E-state index is 0.00765. The van der Waals surface area contributed by atoms with Crippen LogP contribution in [0.5, 0.6) is 0 Å². The van der Waals surface area contributed by atoms with Crippen molar-refractivity contribution in [3.05, 3.63) is 82.9 Å². The van der Waals surface area contributed by atoms with Crippen LogP contribution in [0.1, 0.15) is 41.4 Å². The summed E-state index contributed by atoms with van der Waals surface area (Å²) in [6.07, 6.45) is 0. The summed E-state index contributed by atoms with van der Waals surface area (Å²) < 4.78 is 5.68. The molecule has 2 N–H and O–H groups in total. The highest BCUT2D eigenvalue weighted by molar-refractivity contribution is 6.34. The van der Waals surface area contributed by atoms with E-state index in [9.17, 15) is 24.3 Å². The van der Waals surface area contributed by atoms with Crippen LogP contribution in [0.15, 0.2) is 65.1 Å². The number of aromatic carboxylic acids is 2. The summed E-state index contributed by atoms with van der Waals surface area (Å²) in [6, 6.07) is 14.7. The van der Waals surface area contributed by atoms with Crippen molar-refractivity contribution in [3.8, 4) is 11.5 Å². The Labute approximate surface area is 179 Å². The molecular weight excluding hydrogens is 416 g/mol. The third-order valence-corrected chi connectivity index (χ3v) is 5.13. The van der Waals surface area contributed by atoms with E-state index >= 15 is 0 Å². The lowest BCUT2D eigenvalue weighted by Crippen LogP contribution is -2.29. The van der Waals surface area contributed by atoms with E-state index in [4.69, 9.17) is 9.52 Å². The number of fused-ring (bicyclic) bond motifs is 2. The normalized spacial score (nSPS) is 12.9. The topological polar surface area (TPSA) is 138 Å². The number of imide groups is 1. The molecule has 0 aliphatic carbocycles. The first-order chi connectivity index (χ1) is 15.3. The lowest BCUT2D eigenvalue weighted by atomic mass is 10.1. The summed E-state index contributed by atoms with van der Waals surface area (Å²) in [6.45, 7) is 0. The van der Waals surface area contributed by atoms with Gasteiger partial charge >= 0.3 is 11.9 Å². The van der Waals surface area contributed by atoms with Crippen LogP contribution >= 0.6 is 0 Å². The number of anilines is 1. The molecule has 2 heterocycles. The average molecular weight is 428 g/mol. The second kappa shape index (κ2) is 6.88. The molecule has 1 aliphatic heterocycles. The van der Waals surface area contributed by atoms with Crippen LogP contribution in [0.3, 0.4) is 0 Å². The Kier molecular flexibility index (Phi) is 4.13. The van der Waals surface area contributed by atoms with Gasteiger partial charge in [0.25, 0.3) is 11.8 Å². The summed E-state index contributed by atoms with van der Waals surface area (Å²) in [7, 11) is 0. The van der Waals surface area contributed by atoms with Gasteiger partial charge in [0.05, 0.1) is 22.4 Å². The molecule has 0 saturated carbocycles. The van der Waals surface area contributed by atoms with Gasteiger partial charge in [0.1, 0.15) is 11.1 Å². The van der Waals surface area contributed by atoms with E-state index in [0.717, 1.165) is 4.90 Å². The predicted molar refractivity (Wildman–Crippen MR) is 111 cm³/mol. The second-order valence-electron chi connectivity index (χ2n) is 7.04. The van der Waals surface area contributed by atoms with Crippen LogP contribution in [0.2, 0.25) is 0 Å². The first-order valence-electron chi connectivity index (χ1n) is 9.34. The minimum Gasteiger partial charge on any atom is -0.478 e. The fourth-order valence-corrected chi connectivity index (χ4v) is 3.63. The summed E-state index contributed by atoms with van der Waals surface area (Å²) in [5.41, 5.74) is 1.12. The van der Waals surface area contributed by atoms with Crippen LogP contribution in [0, 0.1) is 0 Å². The summed E-state index contributed by atoms with van der Waals surface area (Å²) in [5.74, 6) is -3.45. The van der Waals surface area contributed by atoms with Crippen LogP contribution in [-0.4, -0.2) is 39.0 Å². The van der Waals surface area contributed by atoms with E-state index in [1.54, 1.807) is 30.3 Å². The van der Waals surface area contributed by atoms with E-state index in [1.807, 2.05) is 0 Å². The van der Waals surface area contributed by atoms with Gasteiger partial charge in [-0.2, -0.15) is 0 Å². The Bertz CT molecular complexity index is 1480. The molecule has 9 heteroatoms. The molecule has 9 nitrogen and oxygen atoms in total. The first-order valence-corrected chi connectivity index (χ1v) is 9.34. The van der Waals surface area contributed by atoms with E-state index in [1.165, 1.54) is 30.3 Å². The van der Waals surface area contributed by atoms with Crippen molar-refractivity contribution in [1.82, 2.24) is 4.98 Å². The number of aromatic nitrogens is 1. The molecule has 4 aromatic rings. The number of carboxylic acid groups (broad SMARTS) is 2. The van der Waals surface area contributed by atoms with Crippen molar-refractivity contribution in [2.24, 2.45) is 0 Å². The van der Waals surface area contributed by atoms with Crippen molar-refractivity contribution in [2.45, 2.75) is 0 Å². The lowest BCUT2D eigenvalue weighted by molar-refractivity contribution is 0.0686. The van der Waals surface area contributed by atoms with E-state index in [-0.39, 0.29) is 39.4 Å². The standard InChI is InChI=1S/C23H12N2O7/c26-20-14-8-7-12(22(28)29)10-16(14)21(27)25(20)13-4-1-3-11(9-13)19-24-17-6-2-5-15(23(30)31)18(17)32-19/h1-10H,(H,28,29)(H,30,31). The zero-order valence-corrected chi connectivity index (χ0v) is 16.1. The summed E-state index contributed by atoms with van der Waals surface area (Å²) in [4.78, 5) is 53.7. The molecule has 2 amide bonds. The number of para-hydroxylation sites is 1. The zero-order chi connectivity index (χ0) is 22.6. The molecule has 0 bridgehead atoms. The Balaban J connectivity index is 1.56. The third kappa shape index (κ3) is 2.83. The zero-order valence-electron chi connectivity index (χ0n) is 16.1. The number of hydrogen-bond acceptors (Lipinski definition) is 6. The highest BCUT2D eigenvalue weighted by Gasteiger charge is 2.37. The van der Waals surface area contributed by atoms with Gasteiger partial charge in [-0.25, -0.2) is 19.5 Å². The monoisotopic (exact) mass is 428 g/mol. The summed E-state index contributed by atoms with van der Waals surface area (Å²) in [5, 5.41) is 18.5. The fourth-order valence-electron chi connectivity index (χ4n) is 3.63. The quantitative estimate of drug-likeness (QED) is 0.469. The molecule has 1 aliphatic rings. The van der Waals surface area contributed by atoms with Crippen LogP contribution < -0.4 is 4.90 Å². The number of rotatable bonds is 4. The van der Waals surface area contributed by atoms with Gasteiger partial charge < -0.3 is 14.6 Å². The smallest absolute Gasteiger partial charge is 0.339 e. The molecule has 0 radical (unpaired) electrons. The Morgan fingerprint density at radius 2 is 1.59 bits per heavy atom. The minimum atomic E-state index is -1.20. The van der Waals surface area contributed by atoms with Gasteiger partial charge in [-0.05, 0) is 48.5 Å². The number of nitrogens with zero attached hydrogens (tertiary/aromatic N) is 2. The van der Waals surface area contributed by atoms with Crippen LogP contribution in [0.25, 0.3) is 22.6 Å². The highest BCUT2D eigenvalue weighted by atomic mass is 16.4. The Hall–Kier alpha value is -4.79. The molecule has 5 rings (SSSR count). The second-order valence-corrected chi connectivity index (χ2v) is 7.04. The third-order valence-electron chi connectivity index (χ3n) is 5.13. The lowest BCUT2D eigenvalue weighted by Gasteiger charge is -2.14. The summed E-state index contributed by atoms with van der Waals surface area (Å²) >= 11 is 0. The van der Waals surface area contributed by atoms with E-state index < -0.39 is 23.8 Å². The van der Waals surface area contributed by atoms with Gasteiger partial charge in [0.2, 0.25) is 5.89 Å². The fraction of sp³-hybridized carbons (Fsp3) is 0. The molecule has 0 unspecified atom stereocenters. The van der Waals surface area contributed by atoms with Gasteiger partial charge in [0, 0.05) is 5.56 Å². The van der Waals surface area contributed by atoms with Crippen molar-refractivity contribution >= 4 is 40.5 Å². The van der Waals surface area contributed by atoms with Gasteiger partial charge in [-0.1, -0.05) is 12.1 Å². The molecule has 0 saturated heterocycles. The molecule has 0 atom stereocenters. The average Bonchev–Trinajstić information content (AvgIpc) is 3.32. The molecule has 32 heavy (non-hydrogen) atoms.